The Balaban J connectivity index is 1.40. The summed E-state index contributed by atoms with van der Waals surface area (Å²) in [7, 11) is -0.410. The van der Waals surface area contributed by atoms with Crippen molar-refractivity contribution < 1.29 is 13.7 Å². The van der Waals surface area contributed by atoms with Gasteiger partial charge >= 0.3 is 7.12 Å². The maximum Gasteiger partial charge on any atom is 0.494 e. The van der Waals surface area contributed by atoms with Crippen LogP contribution in [0.4, 0.5) is 0 Å². The minimum Gasteiger partial charge on any atom is -0.455 e. The van der Waals surface area contributed by atoms with Gasteiger partial charge in [-0.05, 0) is 55.9 Å². The highest BCUT2D eigenvalue weighted by Gasteiger charge is 2.51. The quantitative estimate of drug-likeness (QED) is 0.274. The van der Waals surface area contributed by atoms with E-state index in [1.807, 2.05) is 6.07 Å². The van der Waals surface area contributed by atoms with Gasteiger partial charge < -0.3 is 13.7 Å². The fraction of sp³-hybridized carbons (Fsp3) is 0.200. The highest BCUT2D eigenvalue weighted by atomic mass is 16.7. The Kier molecular flexibility index (Phi) is 4.74. The normalized spacial score (nSPS) is 17.0. The molecule has 34 heavy (non-hydrogen) atoms. The van der Waals surface area contributed by atoms with Crippen LogP contribution in [0.3, 0.4) is 0 Å². The zero-order valence-electron chi connectivity index (χ0n) is 20.0. The van der Waals surface area contributed by atoms with Crippen molar-refractivity contribution in [3.63, 3.8) is 0 Å². The number of hydrogen-bond donors (Lipinski definition) is 0. The van der Waals surface area contributed by atoms with Crippen LogP contribution in [0.25, 0.3) is 44.2 Å². The molecule has 0 spiro atoms. The van der Waals surface area contributed by atoms with E-state index in [1.165, 1.54) is 11.1 Å². The largest absolute Gasteiger partial charge is 0.494 e. The van der Waals surface area contributed by atoms with Crippen molar-refractivity contribution in [1.29, 1.82) is 0 Å². The van der Waals surface area contributed by atoms with E-state index in [-0.39, 0.29) is 11.2 Å². The molecule has 168 valence electrons. The van der Waals surface area contributed by atoms with Crippen LogP contribution in [0, 0.1) is 0 Å². The topological polar surface area (TPSA) is 31.6 Å². The summed E-state index contributed by atoms with van der Waals surface area (Å²) in [6.07, 6.45) is 0. The first kappa shape index (κ1) is 21.2. The van der Waals surface area contributed by atoms with Crippen molar-refractivity contribution >= 4 is 34.5 Å². The van der Waals surface area contributed by atoms with Gasteiger partial charge in [-0.2, -0.15) is 0 Å². The lowest BCUT2D eigenvalue weighted by molar-refractivity contribution is 0.00578. The Labute approximate surface area is 200 Å². The number of para-hydroxylation sites is 1. The van der Waals surface area contributed by atoms with Crippen LogP contribution in [-0.2, 0) is 9.31 Å². The lowest BCUT2D eigenvalue weighted by Crippen LogP contribution is -2.41. The molecule has 0 aliphatic carbocycles. The molecule has 0 amide bonds. The second-order valence-corrected chi connectivity index (χ2v) is 10.1. The monoisotopic (exact) mass is 446 g/mol. The summed E-state index contributed by atoms with van der Waals surface area (Å²) in [5.41, 5.74) is 6.60. The zero-order valence-corrected chi connectivity index (χ0v) is 20.0. The Morgan fingerprint density at radius 2 is 1.24 bits per heavy atom. The number of fused-ring (bicyclic) bond motifs is 3. The first-order valence-corrected chi connectivity index (χ1v) is 11.8. The minimum absolute atomic E-state index is 0.375. The maximum atomic E-state index is 6.45. The smallest absolute Gasteiger partial charge is 0.455 e. The Morgan fingerprint density at radius 1 is 0.588 bits per heavy atom. The fourth-order valence-corrected chi connectivity index (χ4v) is 4.64. The van der Waals surface area contributed by atoms with Crippen LogP contribution in [0.1, 0.15) is 27.7 Å². The van der Waals surface area contributed by atoms with Crippen LogP contribution >= 0.6 is 0 Å². The Bertz CT molecular complexity index is 1480. The van der Waals surface area contributed by atoms with Crippen LogP contribution < -0.4 is 5.46 Å². The first-order chi connectivity index (χ1) is 16.3. The van der Waals surface area contributed by atoms with Crippen molar-refractivity contribution in [2.75, 3.05) is 0 Å². The van der Waals surface area contributed by atoms with E-state index >= 15 is 0 Å². The second-order valence-electron chi connectivity index (χ2n) is 10.1. The van der Waals surface area contributed by atoms with E-state index < -0.39 is 7.12 Å². The number of benzene rings is 4. The van der Waals surface area contributed by atoms with E-state index in [1.54, 1.807) is 0 Å². The van der Waals surface area contributed by atoms with Crippen molar-refractivity contribution in [3.05, 3.63) is 91.0 Å². The molecule has 0 radical (unpaired) electrons. The van der Waals surface area contributed by atoms with Crippen LogP contribution in [0.5, 0.6) is 0 Å². The van der Waals surface area contributed by atoms with Gasteiger partial charge in [0.15, 0.2) is 0 Å². The first-order valence-electron chi connectivity index (χ1n) is 11.8. The van der Waals surface area contributed by atoms with Crippen LogP contribution in [0.2, 0.25) is 0 Å². The van der Waals surface area contributed by atoms with Gasteiger partial charge in [-0.3, -0.25) is 0 Å². The predicted octanol–water partition coefficient (Wildman–Crippen LogP) is 7.22. The zero-order chi connectivity index (χ0) is 23.5. The van der Waals surface area contributed by atoms with E-state index in [4.69, 9.17) is 13.7 Å². The van der Waals surface area contributed by atoms with Gasteiger partial charge in [0.25, 0.3) is 0 Å². The molecule has 1 fully saturated rings. The average molecular weight is 446 g/mol. The summed E-state index contributed by atoms with van der Waals surface area (Å²) in [5, 5.41) is 2.21. The molecule has 0 bridgehead atoms. The molecule has 6 rings (SSSR count). The van der Waals surface area contributed by atoms with Gasteiger partial charge in [-0.15, -0.1) is 0 Å². The molecule has 1 aliphatic rings. The summed E-state index contributed by atoms with van der Waals surface area (Å²) in [6.45, 7) is 8.29. The van der Waals surface area contributed by atoms with Crippen molar-refractivity contribution in [2.45, 2.75) is 38.9 Å². The minimum atomic E-state index is -0.410. The standard InChI is InChI=1S/C30H27BO3/c1-29(2)30(3,4)34-31(33-29)23-17-18-25-26-12-8-11-24(28(26)32-27(25)19-23)22-15-13-21(14-16-22)20-9-6-5-7-10-20/h5-19H,1-4H3. The molecular weight excluding hydrogens is 419 g/mol. The van der Waals surface area contributed by atoms with Gasteiger partial charge in [0, 0.05) is 16.3 Å². The average Bonchev–Trinajstić information content (AvgIpc) is 3.32. The highest BCUT2D eigenvalue weighted by molar-refractivity contribution is 6.62. The lowest BCUT2D eigenvalue weighted by atomic mass is 9.79. The number of rotatable bonds is 3. The molecule has 0 N–H and O–H groups in total. The highest BCUT2D eigenvalue weighted by Crippen LogP contribution is 2.38. The van der Waals surface area contributed by atoms with Gasteiger partial charge in [0.05, 0.1) is 11.2 Å². The van der Waals surface area contributed by atoms with E-state index in [9.17, 15) is 0 Å². The van der Waals surface area contributed by atoms with Gasteiger partial charge in [-0.25, -0.2) is 0 Å². The lowest BCUT2D eigenvalue weighted by Gasteiger charge is -2.32. The predicted molar refractivity (Wildman–Crippen MR) is 140 cm³/mol. The molecule has 5 aromatic rings. The van der Waals surface area contributed by atoms with E-state index in [0.717, 1.165) is 38.5 Å². The maximum absolute atomic E-state index is 6.45. The Morgan fingerprint density at radius 3 is 1.94 bits per heavy atom. The van der Waals surface area contributed by atoms with Gasteiger partial charge in [0.1, 0.15) is 11.2 Å². The van der Waals surface area contributed by atoms with Gasteiger partial charge in [0.2, 0.25) is 0 Å². The second kappa shape index (κ2) is 7.59. The van der Waals surface area contributed by atoms with Gasteiger partial charge in [-0.1, -0.05) is 84.9 Å². The molecule has 3 nitrogen and oxygen atoms in total. The molecule has 1 aromatic heterocycles. The molecular formula is C30H27BO3. The molecule has 2 heterocycles. The SMILES string of the molecule is CC1(C)OB(c2ccc3c(c2)oc2c(-c4ccc(-c5ccccc5)cc4)cccc23)OC1(C)C. The molecule has 0 unspecified atom stereocenters. The van der Waals surface area contributed by atoms with Crippen LogP contribution in [-0.4, -0.2) is 18.3 Å². The third kappa shape index (κ3) is 3.37. The van der Waals surface area contributed by atoms with E-state index in [0.29, 0.717) is 0 Å². The molecule has 4 heteroatoms. The molecule has 0 atom stereocenters. The molecule has 0 saturated carbocycles. The summed E-state index contributed by atoms with van der Waals surface area (Å²) >= 11 is 0. The molecule has 1 aliphatic heterocycles. The molecule has 1 saturated heterocycles. The fourth-order valence-electron chi connectivity index (χ4n) is 4.64. The third-order valence-corrected chi connectivity index (χ3v) is 7.35. The van der Waals surface area contributed by atoms with Crippen molar-refractivity contribution in [1.82, 2.24) is 0 Å². The molecule has 4 aromatic carbocycles. The van der Waals surface area contributed by atoms with E-state index in [2.05, 4.69) is 113 Å². The summed E-state index contributed by atoms with van der Waals surface area (Å²) < 4.78 is 18.9. The number of furan rings is 1. The number of hydrogen-bond acceptors (Lipinski definition) is 3. The summed E-state index contributed by atoms with van der Waals surface area (Å²) in [4.78, 5) is 0. The van der Waals surface area contributed by atoms with Crippen LogP contribution in [0.15, 0.2) is 95.4 Å². The van der Waals surface area contributed by atoms with Crippen molar-refractivity contribution in [2.24, 2.45) is 0 Å². The third-order valence-electron chi connectivity index (χ3n) is 7.35. The summed E-state index contributed by atoms with van der Waals surface area (Å²) in [6, 6.07) is 31.7. The summed E-state index contributed by atoms with van der Waals surface area (Å²) in [5.74, 6) is 0. The van der Waals surface area contributed by atoms with Crippen molar-refractivity contribution in [3.8, 4) is 22.3 Å². The Hall–Kier alpha value is -3.34.